The second-order valence-corrected chi connectivity index (χ2v) is 3.30. The van der Waals surface area contributed by atoms with Gasteiger partial charge in [0.1, 0.15) is 5.75 Å². The molecular formula is C9H8N2OS. The lowest BCUT2D eigenvalue weighted by molar-refractivity contribution is 0.496. The molecule has 13 heavy (non-hydrogen) atoms. The third-order valence-electron chi connectivity index (χ3n) is 1.51. The molecule has 0 aliphatic carbocycles. The van der Waals surface area contributed by atoms with Gasteiger partial charge in [-0.1, -0.05) is 0 Å². The summed E-state index contributed by atoms with van der Waals surface area (Å²) in [5.41, 5.74) is 6.27. The Bertz CT molecular complexity index is 369. The summed E-state index contributed by atoms with van der Waals surface area (Å²) in [4.78, 5) is 0. The van der Waals surface area contributed by atoms with E-state index in [0.717, 1.165) is 16.5 Å². The van der Waals surface area contributed by atoms with Gasteiger partial charge in [0, 0.05) is 29.5 Å². The number of anilines is 1. The number of nitrogen functional groups attached to an aromatic ring is 1. The van der Waals surface area contributed by atoms with Crippen LogP contribution in [0.25, 0.3) is 0 Å². The first-order valence-corrected chi connectivity index (χ1v) is 4.56. The largest absolute Gasteiger partial charge is 0.445 e. The molecule has 0 atom stereocenters. The number of ether oxygens (including phenoxy) is 1. The maximum absolute atomic E-state index is 5.53. The lowest BCUT2D eigenvalue weighted by atomic mass is 10.3. The Morgan fingerprint density at radius 3 is 2.54 bits per heavy atom. The van der Waals surface area contributed by atoms with Gasteiger partial charge in [-0.25, -0.2) is 0 Å². The zero-order chi connectivity index (χ0) is 9.10. The summed E-state index contributed by atoms with van der Waals surface area (Å²) < 4.78 is 9.40. The highest BCUT2D eigenvalue weighted by Crippen LogP contribution is 2.24. The summed E-state index contributed by atoms with van der Waals surface area (Å²) in [6.07, 6.45) is 1.71. The van der Waals surface area contributed by atoms with Crippen molar-refractivity contribution in [2.75, 3.05) is 5.73 Å². The number of aromatic nitrogens is 1. The maximum atomic E-state index is 5.53. The van der Waals surface area contributed by atoms with Crippen LogP contribution >= 0.6 is 11.5 Å². The van der Waals surface area contributed by atoms with E-state index in [1.165, 1.54) is 11.5 Å². The molecule has 0 bridgehead atoms. The first-order valence-electron chi connectivity index (χ1n) is 3.79. The summed E-state index contributed by atoms with van der Waals surface area (Å²) in [7, 11) is 0. The van der Waals surface area contributed by atoms with Crippen LogP contribution in [-0.4, -0.2) is 4.37 Å². The lowest BCUT2D eigenvalue weighted by Gasteiger charge is -2.01. The third-order valence-corrected chi connectivity index (χ3v) is 2.14. The van der Waals surface area contributed by atoms with E-state index in [1.807, 2.05) is 18.2 Å². The molecule has 3 nitrogen and oxygen atoms in total. The maximum Gasteiger partial charge on any atom is 0.200 e. The van der Waals surface area contributed by atoms with Gasteiger partial charge in [-0.3, -0.25) is 0 Å². The monoisotopic (exact) mass is 192 g/mol. The van der Waals surface area contributed by atoms with Crippen molar-refractivity contribution >= 4 is 17.2 Å². The molecule has 0 aliphatic rings. The molecule has 2 N–H and O–H groups in total. The lowest BCUT2D eigenvalue weighted by Crippen LogP contribution is -1.84. The highest BCUT2D eigenvalue weighted by Gasteiger charge is 1.97. The van der Waals surface area contributed by atoms with E-state index in [1.54, 1.807) is 18.3 Å². The van der Waals surface area contributed by atoms with E-state index >= 15 is 0 Å². The zero-order valence-electron chi connectivity index (χ0n) is 6.81. The molecule has 1 heterocycles. The average Bonchev–Trinajstić information content (AvgIpc) is 2.62. The quantitative estimate of drug-likeness (QED) is 0.744. The fourth-order valence-electron chi connectivity index (χ4n) is 0.909. The fraction of sp³-hybridized carbons (Fsp3) is 0. The van der Waals surface area contributed by atoms with Gasteiger partial charge in [0.15, 0.2) is 5.06 Å². The molecule has 0 amide bonds. The van der Waals surface area contributed by atoms with Crippen molar-refractivity contribution in [3.8, 4) is 10.8 Å². The van der Waals surface area contributed by atoms with E-state index in [2.05, 4.69) is 4.37 Å². The molecule has 2 aromatic rings. The summed E-state index contributed by atoms with van der Waals surface area (Å²) in [5, 5.41) is 0.782. The predicted molar refractivity (Wildman–Crippen MR) is 53.0 cm³/mol. The molecule has 1 aromatic heterocycles. The Balaban J connectivity index is 2.15. The van der Waals surface area contributed by atoms with Crippen molar-refractivity contribution in [3.63, 3.8) is 0 Å². The molecule has 0 unspecified atom stereocenters. The molecule has 0 saturated heterocycles. The Morgan fingerprint density at radius 2 is 1.92 bits per heavy atom. The first-order chi connectivity index (χ1) is 6.34. The Morgan fingerprint density at radius 1 is 1.15 bits per heavy atom. The number of hydrogen-bond donors (Lipinski definition) is 1. The van der Waals surface area contributed by atoms with Crippen LogP contribution in [0.4, 0.5) is 5.69 Å². The molecule has 0 fully saturated rings. The van der Waals surface area contributed by atoms with E-state index in [4.69, 9.17) is 10.5 Å². The van der Waals surface area contributed by atoms with E-state index < -0.39 is 0 Å². The van der Waals surface area contributed by atoms with Crippen LogP contribution in [0.3, 0.4) is 0 Å². The Kier molecular flexibility index (Phi) is 2.14. The van der Waals surface area contributed by atoms with Crippen molar-refractivity contribution in [1.29, 1.82) is 0 Å². The van der Waals surface area contributed by atoms with Gasteiger partial charge in [-0.05, 0) is 24.3 Å². The van der Waals surface area contributed by atoms with Crippen molar-refractivity contribution in [3.05, 3.63) is 36.5 Å². The van der Waals surface area contributed by atoms with E-state index in [-0.39, 0.29) is 0 Å². The van der Waals surface area contributed by atoms with Crippen molar-refractivity contribution in [1.82, 2.24) is 4.37 Å². The van der Waals surface area contributed by atoms with Crippen molar-refractivity contribution in [2.24, 2.45) is 0 Å². The normalized spacial score (nSPS) is 9.85. The molecule has 0 spiro atoms. The zero-order valence-corrected chi connectivity index (χ0v) is 7.62. The number of hydrogen-bond acceptors (Lipinski definition) is 4. The van der Waals surface area contributed by atoms with E-state index in [0.29, 0.717) is 0 Å². The predicted octanol–water partition coefficient (Wildman–Crippen LogP) is 2.52. The SMILES string of the molecule is Nc1ccc(Oc2ccns2)cc1. The molecule has 0 saturated carbocycles. The molecular weight excluding hydrogens is 184 g/mol. The van der Waals surface area contributed by atoms with Gasteiger partial charge in [0.25, 0.3) is 0 Å². The topological polar surface area (TPSA) is 48.1 Å². The number of nitrogens with zero attached hydrogens (tertiary/aromatic N) is 1. The van der Waals surface area contributed by atoms with Gasteiger partial charge in [-0.2, -0.15) is 4.37 Å². The van der Waals surface area contributed by atoms with Crippen molar-refractivity contribution in [2.45, 2.75) is 0 Å². The fourth-order valence-corrected chi connectivity index (χ4v) is 1.39. The molecule has 4 heteroatoms. The van der Waals surface area contributed by atoms with Crippen LogP contribution in [0, 0.1) is 0 Å². The van der Waals surface area contributed by atoms with Crippen LogP contribution in [0.5, 0.6) is 10.8 Å². The Hall–Kier alpha value is -1.55. The smallest absolute Gasteiger partial charge is 0.200 e. The average molecular weight is 192 g/mol. The number of benzene rings is 1. The minimum Gasteiger partial charge on any atom is -0.445 e. The summed E-state index contributed by atoms with van der Waals surface area (Å²) in [5.74, 6) is 0.776. The van der Waals surface area contributed by atoms with Crippen LogP contribution < -0.4 is 10.5 Å². The molecule has 66 valence electrons. The Labute approximate surface area is 79.9 Å². The van der Waals surface area contributed by atoms with Crippen LogP contribution in [0.2, 0.25) is 0 Å². The highest BCUT2D eigenvalue weighted by atomic mass is 32.1. The van der Waals surface area contributed by atoms with Crippen LogP contribution in [0.15, 0.2) is 36.5 Å². The van der Waals surface area contributed by atoms with Gasteiger partial charge in [0.2, 0.25) is 0 Å². The van der Waals surface area contributed by atoms with Gasteiger partial charge in [-0.15, -0.1) is 0 Å². The highest BCUT2D eigenvalue weighted by molar-refractivity contribution is 7.07. The first kappa shape index (κ1) is 8.07. The second kappa shape index (κ2) is 3.45. The minimum atomic E-state index is 0.733. The third kappa shape index (κ3) is 1.97. The number of rotatable bonds is 2. The van der Waals surface area contributed by atoms with Gasteiger partial charge < -0.3 is 10.5 Å². The molecule has 0 aliphatic heterocycles. The van der Waals surface area contributed by atoms with Crippen LogP contribution in [-0.2, 0) is 0 Å². The second-order valence-electron chi connectivity index (χ2n) is 2.50. The van der Waals surface area contributed by atoms with E-state index in [9.17, 15) is 0 Å². The van der Waals surface area contributed by atoms with Crippen LogP contribution in [0.1, 0.15) is 0 Å². The van der Waals surface area contributed by atoms with Gasteiger partial charge >= 0.3 is 0 Å². The number of nitrogens with two attached hydrogens (primary N) is 1. The van der Waals surface area contributed by atoms with Gasteiger partial charge in [0.05, 0.1) is 0 Å². The summed E-state index contributed by atoms with van der Waals surface area (Å²) in [6, 6.07) is 9.08. The minimum absolute atomic E-state index is 0.733. The summed E-state index contributed by atoms with van der Waals surface area (Å²) >= 11 is 1.32. The molecule has 0 radical (unpaired) electrons. The summed E-state index contributed by atoms with van der Waals surface area (Å²) in [6.45, 7) is 0. The molecule has 2 rings (SSSR count). The van der Waals surface area contributed by atoms with Crippen molar-refractivity contribution < 1.29 is 4.74 Å². The standard InChI is InChI=1S/C9H8N2OS/c10-7-1-3-8(4-2-7)12-9-5-6-11-13-9/h1-6H,10H2. The molecule has 1 aromatic carbocycles.